The lowest BCUT2D eigenvalue weighted by Crippen LogP contribution is -2.45. The molecule has 37 heavy (non-hydrogen) atoms. The molecule has 0 bridgehead atoms. The van der Waals surface area contributed by atoms with Gasteiger partial charge in [-0.2, -0.15) is 5.10 Å². The largest absolute Gasteiger partial charge is 0.343 e. The summed E-state index contributed by atoms with van der Waals surface area (Å²) in [4.78, 5) is 40.1. The molecule has 194 valence electrons. The van der Waals surface area contributed by atoms with E-state index in [1.165, 1.54) is 12.1 Å². The molecule has 1 unspecified atom stereocenters. The summed E-state index contributed by atoms with van der Waals surface area (Å²) in [6.07, 6.45) is 2.02. The van der Waals surface area contributed by atoms with Crippen molar-refractivity contribution in [3.05, 3.63) is 98.2 Å². The van der Waals surface area contributed by atoms with Gasteiger partial charge in [0, 0.05) is 23.6 Å². The second-order valence-corrected chi connectivity index (χ2v) is 10.1. The molecular weight excluding hydrogens is 471 g/mol. The van der Waals surface area contributed by atoms with Crippen LogP contribution in [0.4, 0.5) is 4.39 Å². The maximum atomic E-state index is 13.9. The van der Waals surface area contributed by atoms with Crippen molar-refractivity contribution in [2.45, 2.75) is 59.0 Å². The molecule has 7 nitrogen and oxygen atoms in total. The van der Waals surface area contributed by atoms with Crippen LogP contribution in [0.25, 0.3) is 0 Å². The van der Waals surface area contributed by atoms with Gasteiger partial charge >= 0.3 is 0 Å². The number of hydrogen-bond donors (Lipinski definition) is 2. The average molecular weight is 505 g/mol. The summed E-state index contributed by atoms with van der Waals surface area (Å²) in [7, 11) is 0. The van der Waals surface area contributed by atoms with E-state index in [2.05, 4.69) is 29.4 Å². The van der Waals surface area contributed by atoms with Gasteiger partial charge in [-0.25, -0.2) is 9.49 Å². The fraction of sp³-hybridized carbons (Fsp3) is 0.379. The zero-order valence-corrected chi connectivity index (χ0v) is 21.7. The van der Waals surface area contributed by atoms with Crippen LogP contribution in [0.15, 0.2) is 53.3 Å². The van der Waals surface area contributed by atoms with E-state index < -0.39 is 0 Å². The maximum absolute atomic E-state index is 13.9. The summed E-state index contributed by atoms with van der Waals surface area (Å²) in [6.45, 7) is 7.71. The normalized spacial score (nSPS) is 17.3. The molecule has 0 aliphatic carbocycles. The fourth-order valence-corrected chi connectivity index (χ4v) is 5.17. The van der Waals surface area contributed by atoms with Crippen LogP contribution >= 0.6 is 0 Å². The molecule has 2 aromatic carbocycles. The quantitative estimate of drug-likeness (QED) is 0.503. The first-order valence-electron chi connectivity index (χ1n) is 12.6. The Bertz CT molecular complexity index is 1370. The van der Waals surface area contributed by atoms with Gasteiger partial charge in [0.1, 0.15) is 5.82 Å². The van der Waals surface area contributed by atoms with Gasteiger partial charge in [-0.3, -0.25) is 14.4 Å². The monoisotopic (exact) mass is 504 g/mol. The van der Waals surface area contributed by atoms with Crippen LogP contribution in [0.5, 0.6) is 0 Å². The van der Waals surface area contributed by atoms with E-state index in [-0.39, 0.29) is 47.7 Å². The van der Waals surface area contributed by atoms with Crippen molar-refractivity contribution in [2.75, 3.05) is 6.54 Å². The number of likely N-dealkylation sites (tertiary alicyclic amines) is 1. The number of rotatable bonds is 7. The van der Waals surface area contributed by atoms with E-state index >= 15 is 0 Å². The number of carbonyl (C=O) groups excluding carboxylic acids is 2. The van der Waals surface area contributed by atoms with Crippen molar-refractivity contribution in [3.8, 4) is 0 Å². The molecule has 2 heterocycles. The molecule has 2 N–H and O–H groups in total. The van der Waals surface area contributed by atoms with Gasteiger partial charge in [0.05, 0.1) is 18.3 Å². The van der Waals surface area contributed by atoms with Gasteiger partial charge in [0.2, 0.25) is 5.91 Å². The number of aromatic nitrogens is 2. The zero-order chi connectivity index (χ0) is 26.7. The van der Waals surface area contributed by atoms with Crippen molar-refractivity contribution in [3.63, 3.8) is 0 Å². The SMILES string of the molecule is Cc1cc(Cc2ccc(C(=O)NCC(=O)N3C(c4cccc(F)c4)CC[C@@H]3C(C)C)cc2C)c(=O)[nH]n1. The minimum Gasteiger partial charge on any atom is -0.343 e. The number of halogens is 1. The van der Waals surface area contributed by atoms with E-state index in [9.17, 15) is 18.8 Å². The van der Waals surface area contributed by atoms with Crippen LogP contribution in [0.1, 0.15) is 71.0 Å². The number of nitrogens with zero attached hydrogens (tertiary/aromatic N) is 2. The Kier molecular flexibility index (Phi) is 7.86. The standard InChI is InChI=1S/C29H33FN4O3/c1-17(2)25-10-11-26(21-6-5-7-24(30)15-21)34(25)27(35)16-31-28(36)22-9-8-20(18(3)12-22)14-23-13-19(4)32-33-29(23)37/h5-9,12-13,15,17,25-26H,10-11,14,16H2,1-4H3,(H,31,36)(H,33,37)/t25-,26?/m1/s1. The predicted molar refractivity (Wildman–Crippen MR) is 140 cm³/mol. The van der Waals surface area contributed by atoms with Gasteiger partial charge in [-0.05, 0) is 79.6 Å². The van der Waals surface area contributed by atoms with Crippen molar-refractivity contribution in [1.82, 2.24) is 20.4 Å². The topological polar surface area (TPSA) is 95.2 Å². The highest BCUT2D eigenvalue weighted by atomic mass is 19.1. The fourth-order valence-electron chi connectivity index (χ4n) is 5.17. The second-order valence-electron chi connectivity index (χ2n) is 10.1. The molecule has 8 heteroatoms. The van der Waals surface area contributed by atoms with E-state index in [1.54, 1.807) is 24.3 Å². The van der Waals surface area contributed by atoms with Gasteiger partial charge in [-0.15, -0.1) is 0 Å². The molecule has 4 rings (SSSR count). The van der Waals surface area contributed by atoms with Gasteiger partial charge in [0.15, 0.2) is 0 Å². The summed E-state index contributed by atoms with van der Waals surface area (Å²) in [5, 5.41) is 9.16. The van der Waals surface area contributed by atoms with Gasteiger partial charge in [0.25, 0.3) is 11.5 Å². The summed E-state index contributed by atoms with van der Waals surface area (Å²) in [5.74, 6) is -0.610. The molecule has 0 saturated carbocycles. The number of carbonyl (C=O) groups is 2. The number of nitrogens with one attached hydrogen (secondary N) is 2. The molecule has 1 aliphatic rings. The van der Waals surface area contributed by atoms with E-state index in [0.29, 0.717) is 17.5 Å². The Morgan fingerprint density at radius 1 is 1.11 bits per heavy atom. The first kappa shape index (κ1) is 26.3. The van der Waals surface area contributed by atoms with E-state index in [1.807, 2.05) is 30.9 Å². The van der Waals surface area contributed by atoms with E-state index in [4.69, 9.17) is 0 Å². The average Bonchev–Trinajstić information content (AvgIpc) is 3.31. The summed E-state index contributed by atoms with van der Waals surface area (Å²) in [6, 6.07) is 13.3. The zero-order valence-electron chi connectivity index (χ0n) is 21.7. The van der Waals surface area contributed by atoms with Crippen molar-refractivity contribution >= 4 is 11.8 Å². The lowest BCUT2D eigenvalue weighted by atomic mass is 9.99. The summed E-state index contributed by atoms with van der Waals surface area (Å²) >= 11 is 0. The number of aryl methyl sites for hydroxylation is 2. The third-order valence-electron chi connectivity index (χ3n) is 7.11. The molecule has 1 saturated heterocycles. The number of H-pyrrole nitrogens is 1. The lowest BCUT2D eigenvalue weighted by Gasteiger charge is -2.33. The number of hydrogen-bond acceptors (Lipinski definition) is 4. The van der Waals surface area contributed by atoms with Crippen LogP contribution in [0.2, 0.25) is 0 Å². The van der Waals surface area contributed by atoms with Crippen molar-refractivity contribution in [1.29, 1.82) is 0 Å². The molecular formula is C29H33FN4O3. The number of aromatic amines is 1. The minimum atomic E-state index is -0.344. The molecule has 3 aromatic rings. The Balaban J connectivity index is 1.45. The third kappa shape index (κ3) is 5.96. The Hall–Kier alpha value is -3.81. The highest BCUT2D eigenvalue weighted by Crippen LogP contribution is 2.39. The van der Waals surface area contributed by atoms with Gasteiger partial charge < -0.3 is 10.2 Å². The third-order valence-corrected chi connectivity index (χ3v) is 7.11. The molecule has 1 fully saturated rings. The molecule has 0 spiro atoms. The molecule has 0 radical (unpaired) electrons. The highest BCUT2D eigenvalue weighted by Gasteiger charge is 2.39. The first-order chi connectivity index (χ1) is 17.6. The van der Waals surface area contributed by atoms with Crippen molar-refractivity contribution < 1.29 is 14.0 Å². The molecule has 2 amide bonds. The summed E-state index contributed by atoms with van der Waals surface area (Å²) < 4.78 is 13.9. The molecule has 1 aromatic heterocycles. The Labute approximate surface area is 216 Å². The number of benzene rings is 2. The molecule has 1 aliphatic heterocycles. The van der Waals surface area contributed by atoms with Crippen LogP contribution < -0.4 is 10.9 Å². The van der Waals surface area contributed by atoms with E-state index in [0.717, 1.165) is 35.2 Å². The Morgan fingerprint density at radius 2 is 1.89 bits per heavy atom. The Morgan fingerprint density at radius 3 is 2.59 bits per heavy atom. The maximum Gasteiger partial charge on any atom is 0.267 e. The van der Waals surface area contributed by atoms with Crippen LogP contribution in [0, 0.1) is 25.6 Å². The first-order valence-corrected chi connectivity index (χ1v) is 12.6. The minimum absolute atomic E-state index is 0.0270. The van der Waals surface area contributed by atoms with Crippen LogP contribution in [0.3, 0.4) is 0 Å². The smallest absolute Gasteiger partial charge is 0.267 e. The predicted octanol–water partition coefficient (Wildman–Crippen LogP) is 4.23. The highest BCUT2D eigenvalue weighted by molar-refractivity contribution is 5.96. The molecule has 2 atom stereocenters. The van der Waals surface area contributed by atoms with Crippen molar-refractivity contribution in [2.24, 2.45) is 5.92 Å². The lowest BCUT2D eigenvalue weighted by molar-refractivity contribution is -0.134. The van der Waals surface area contributed by atoms with Crippen LogP contribution in [-0.2, 0) is 11.2 Å². The summed E-state index contributed by atoms with van der Waals surface area (Å²) in [5.41, 5.74) is 4.12. The van der Waals surface area contributed by atoms with Gasteiger partial charge in [-0.1, -0.05) is 32.0 Å². The number of amides is 2. The second kappa shape index (κ2) is 11.1. The van der Waals surface area contributed by atoms with Crippen LogP contribution in [-0.4, -0.2) is 39.5 Å².